The Morgan fingerprint density at radius 1 is 1.05 bits per heavy atom. The monoisotopic (exact) mass is 266 g/mol. The van der Waals surface area contributed by atoms with E-state index in [1.54, 1.807) is 0 Å². The van der Waals surface area contributed by atoms with Gasteiger partial charge in [-0.1, -0.05) is 24.3 Å². The summed E-state index contributed by atoms with van der Waals surface area (Å²) in [5.74, 6) is 1.15. The van der Waals surface area contributed by atoms with Crippen LogP contribution in [-0.2, 0) is 12.8 Å². The highest BCUT2D eigenvalue weighted by Gasteiger charge is 2.27. The molecule has 0 bridgehead atoms. The predicted octanol–water partition coefficient (Wildman–Crippen LogP) is 3.68. The second-order valence-electron chi connectivity index (χ2n) is 5.20. The summed E-state index contributed by atoms with van der Waals surface area (Å²) in [7, 11) is 0. The zero-order valence-corrected chi connectivity index (χ0v) is 11.6. The van der Waals surface area contributed by atoms with Gasteiger partial charge in [0.1, 0.15) is 5.75 Å². The fourth-order valence-corrected chi connectivity index (χ4v) is 2.86. The minimum Gasteiger partial charge on any atom is -0.494 e. The molecule has 1 aliphatic carbocycles. The van der Waals surface area contributed by atoms with Crippen LogP contribution in [0.25, 0.3) is 0 Å². The standard InChI is InChI=1S/C18H18O2/c1-2-20-17-9-7-13(8-10-17)18(19)16-11-14-5-3-4-6-15(14)12-16/h3-10,16H,2,11-12H2,1H3. The number of carbonyl (C=O) groups excluding carboxylic acids is 1. The van der Waals surface area contributed by atoms with Crippen molar-refractivity contribution >= 4 is 5.78 Å². The summed E-state index contributed by atoms with van der Waals surface area (Å²) in [5, 5.41) is 0. The van der Waals surface area contributed by atoms with Gasteiger partial charge in [-0.25, -0.2) is 0 Å². The van der Waals surface area contributed by atoms with Crippen LogP contribution in [0, 0.1) is 5.92 Å². The van der Waals surface area contributed by atoms with Crippen molar-refractivity contribution in [2.75, 3.05) is 6.61 Å². The smallest absolute Gasteiger partial charge is 0.166 e. The summed E-state index contributed by atoms with van der Waals surface area (Å²) in [5.41, 5.74) is 3.42. The molecule has 0 atom stereocenters. The summed E-state index contributed by atoms with van der Waals surface area (Å²) >= 11 is 0. The lowest BCUT2D eigenvalue weighted by molar-refractivity contribution is 0.0924. The molecule has 0 radical (unpaired) electrons. The highest BCUT2D eigenvalue weighted by Crippen LogP contribution is 2.29. The first-order chi connectivity index (χ1) is 9.78. The van der Waals surface area contributed by atoms with Crippen molar-refractivity contribution in [3.05, 3.63) is 65.2 Å². The van der Waals surface area contributed by atoms with Crippen LogP contribution in [0.2, 0.25) is 0 Å². The zero-order valence-electron chi connectivity index (χ0n) is 11.6. The van der Waals surface area contributed by atoms with E-state index in [0.29, 0.717) is 6.61 Å². The first-order valence-corrected chi connectivity index (χ1v) is 7.12. The third-order valence-electron chi connectivity index (χ3n) is 3.87. The second-order valence-corrected chi connectivity index (χ2v) is 5.20. The van der Waals surface area contributed by atoms with Gasteiger partial charge >= 0.3 is 0 Å². The maximum absolute atomic E-state index is 12.5. The van der Waals surface area contributed by atoms with Crippen molar-refractivity contribution in [2.24, 2.45) is 5.92 Å². The van der Waals surface area contributed by atoms with Gasteiger partial charge in [0.2, 0.25) is 0 Å². The number of carbonyl (C=O) groups is 1. The zero-order chi connectivity index (χ0) is 13.9. The maximum Gasteiger partial charge on any atom is 0.166 e. The Balaban J connectivity index is 1.74. The third kappa shape index (κ3) is 2.46. The molecular formula is C18H18O2. The molecule has 0 heterocycles. The first-order valence-electron chi connectivity index (χ1n) is 7.12. The van der Waals surface area contributed by atoms with E-state index in [0.717, 1.165) is 24.2 Å². The van der Waals surface area contributed by atoms with Crippen molar-refractivity contribution in [1.29, 1.82) is 0 Å². The summed E-state index contributed by atoms with van der Waals surface area (Å²) < 4.78 is 5.41. The van der Waals surface area contributed by atoms with Gasteiger partial charge in [0.25, 0.3) is 0 Å². The van der Waals surface area contributed by atoms with Gasteiger partial charge in [-0.15, -0.1) is 0 Å². The van der Waals surface area contributed by atoms with Crippen LogP contribution in [0.4, 0.5) is 0 Å². The second kappa shape index (κ2) is 5.49. The van der Waals surface area contributed by atoms with E-state index >= 15 is 0 Å². The molecule has 2 heteroatoms. The Morgan fingerprint density at radius 3 is 2.20 bits per heavy atom. The van der Waals surface area contributed by atoms with Crippen LogP contribution >= 0.6 is 0 Å². The molecule has 2 aromatic rings. The largest absolute Gasteiger partial charge is 0.494 e. The quantitative estimate of drug-likeness (QED) is 0.789. The molecule has 0 amide bonds. The summed E-state index contributed by atoms with van der Waals surface area (Å²) in [6.07, 6.45) is 1.73. The molecule has 3 rings (SSSR count). The number of ether oxygens (including phenoxy) is 1. The van der Waals surface area contributed by atoms with Crippen LogP contribution in [0.3, 0.4) is 0 Å². The van der Waals surface area contributed by atoms with E-state index < -0.39 is 0 Å². The molecular weight excluding hydrogens is 248 g/mol. The lowest BCUT2D eigenvalue weighted by Gasteiger charge is -2.09. The van der Waals surface area contributed by atoms with Crippen LogP contribution < -0.4 is 4.74 Å². The summed E-state index contributed by atoms with van der Waals surface area (Å²) in [6, 6.07) is 15.8. The predicted molar refractivity (Wildman–Crippen MR) is 79.3 cm³/mol. The molecule has 0 saturated heterocycles. The topological polar surface area (TPSA) is 26.3 Å². The number of rotatable bonds is 4. The number of benzene rings is 2. The van der Waals surface area contributed by atoms with Gasteiger partial charge < -0.3 is 4.74 Å². The van der Waals surface area contributed by atoms with E-state index in [9.17, 15) is 4.79 Å². The Bertz CT molecular complexity index is 589. The molecule has 0 N–H and O–H groups in total. The third-order valence-corrected chi connectivity index (χ3v) is 3.87. The average molecular weight is 266 g/mol. The summed E-state index contributed by atoms with van der Waals surface area (Å²) in [6.45, 7) is 2.60. The molecule has 2 aromatic carbocycles. The van der Waals surface area contributed by atoms with Crippen molar-refractivity contribution in [2.45, 2.75) is 19.8 Å². The van der Waals surface area contributed by atoms with Crippen molar-refractivity contribution in [1.82, 2.24) is 0 Å². The van der Waals surface area contributed by atoms with Gasteiger partial charge in [-0.05, 0) is 55.2 Å². The van der Waals surface area contributed by atoms with Gasteiger partial charge in [-0.2, -0.15) is 0 Å². The Kier molecular flexibility index (Phi) is 3.55. The minimum absolute atomic E-state index is 0.0883. The molecule has 0 unspecified atom stereocenters. The minimum atomic E-state index is 0.0883. The lowest BCUT2D eigenvalue weighted by atomic mass is 9.95. The number of fused-ring (bicyclic) bond motifs is 1. The fourth-order valence-electron chi connectivity index (χ4n) is 2.86. The number of ketones is 1. The van der Waals surface area contributed by atoms with E-state index in [-0.39, 0.29) is 11.7 Å². The van der Waals surface area contributed by atoms with Crippen LogP contribution in [-0.4, -0.2) is 12.4 Å². The number of hydrogen-bond acceptors (Lipinski definition) is 2. The van der Waals surface area contributed by atoms with Gasteiger partial charge in [-0.3, -0.25) is 4.79 Å². The summed E-state index contributed by atoms with van der Waals surface area (Å²) in [4.78, 5) is 12.5. The maximum atomic E-state index is 12.5. The van der Waals surface area contributed by atoms with Crippen molar-refractivity contribution in [3.8, 4) is 5.75 Å². The Morgan fingerprint density at radius 2 is 1.65 bits per heavy atom. The van der Waals surface area contributed by atoms with Crippen molar-refractivity contribution < 1.29 is 9.53 Å². The van der Waals surface area contributed by atoms with Crippen LogP contribution in [0.15, 0.2) is 48.5 Å². The Labute approximate surface area is 119 Å². The van der Waals surface area contributed by atoms with Crippen molar-refractivity contribution in [3.63, 3.8) is 0 Å². The normalized spacial score (nSPS) is 14.1. The van der Waals surface area contributed by atoms with E-state index in [4.69, 9.17) is 4.74 Å². The van der Waals surface area contributed by atoms with E-state index in [2.05, 4.69) is 12.1 Å². The average Bonchev–Trinajstić information content (AvgIpc) is 2.91. The van der Waals surface area contributed by atoms with Gasteiger partial charge in [0.05, 0.1) is 6.61 Å². The van der Waals surface area contributed by atoms with Crippen LogP contribution in [0.1, 0.15) is 28.4 Å². The molecule has 102 valence electrons. The molecule has 0 saturated carbocycles. The highest BCUT2D eigenvalue weighted by atomic mass is 16.5. The van der Waals surface area contributed by atoms with E-state index in [1.807, 2.05) is 43.3 Å². The van der Waals surface area contributed by atoms with Crippen LogP contribution in [0.5, 0.6) is 5.75 Å². The molecule has 0 aliphatic heterocycles. The number of hydrogen-bond donors (Lipinski definition) is 0. The highest BCUT2D eigenvalue weighted by molar-refractivity contribution is 5.98. The molecule has 20 heavy (non-hydrogen) atoms. The number of Topliss-reactive ketones (excluding diaryl/α,β-unsaturated/α-hetero) is 1. The molecule has 0 aromatic heterocycles. The molecule has 0 fully saturated rings. The molecule has 2 nitrogen and oxygen atoms in total. The molecule has 1 aliphatic rings. The van der Waals surface area contributed by atoms with E-state index in [1.165, 1.54) is 11.1 Å². The van der Waals surface area contributed by atoms with Gasteiger partial charge in [0, 0.05) is 11.5 Å². The van der Waals surface area contributed by atoms with Gasteiger partial charge in [0.15, 0.2) is 5.78 Å². The fraction of sp³-hybridized carbons (Fsp3) is 0.278. The Hall–Kier alpha value is -2.09. The lowest BCUT2D eigenvalue weighted by Crippen LogP contribution is -2.14. The first kappa shape index (κ1) is 12.9. The SMILES string of the molecule is CCOc1ccc(C(=O)C2Cc3ccccc3C2)cc1. The molecule has 0 spiro atoms.